The van der Waals surface area contributed by atoms with E-state index in [4.69, 9.17) is 10.0 Å². The molecule has 0 aliphatic heterocycles. The van der Waals surface area contributed by atoms with Crippen LogP contribution in [0.15, 0.2) is 6.07 Å². The molecule has 0 radical (unpaired) electrons. The summed E-state index contributed by atoms with van der Waals surface area (Å²) in [5.41, 5.74) is 0.464. The lowest BCUT2D eigenvalue weighted by Gasteiger charge is -2.03. The van der Waals surface area contributed by atoms with Crippen molar-refractivity contribution in [3.05, 3.63) is 16.6 Å². The van der Waals surface area contributed by atoms with Gasteiger partial charge in [0.25, 0.3) is 0 Å². The third kappa shape index (κ3) is 2.73. The summed E-state index contributed by atoms with van der Waals surface area (Å²) in [6, 6.07) is 1.78. The van der Waals surface area contributed by atoms with Gasteiger partial charge < -0.3 is 15.0 Å². The highest BCUT2D eigenvalue weighted by atomic mass is 16.4. The van der Waals surface area contributed by atoms with Crippen LogP contribution in [0, 0.1) is 5.92 Å². The van der Waals surface area contributed by atoms with E-state index in [9.17, 15) is 0 Å². The van der Waals surface area contributed by atoms with Crippen molar-refractivity contribution < 1.29 is 10.0 Å². The summed E-state index contributed by atoms with van der Waals surface area (Å²) in [5, 5.41) is 19.9. The summed E-state index contributed by atoms with van der Waals surface area (Å²) >= 11 is 0. The van der Waals surface area contributed by atoms with Gasteiger partial charge in [-0.3, -0.25) is 0 Å². The zero-order valence-corrected chi connectivity index (χ0v) is 9.49. The molecule has 0 saturated heterocycles. The van der Waals surface area contributed by atoms with Crippen molar-refractivity contribution >= 4 is 24.9 Å². The summed E-state index contributed by atoms with van der Waals surface area (Å²) in [5.74, 6) is 0.534. The van der Waals surface area contributed by atoms with Gasteiger partial charge in [0.15, 0.2) is 0 Å². The molecule has 0 amide bonds. The minimum Gasteiger partial charge on any atom is -0.422 e. The molecule has 1 aliphatic carbocycles. The first kappa shape index (κ1) is 12.1. The molecule has 15 heavy (non-hydrogen) atoms. The van der Waals surface area contributed by atoms with Crippen molar-refractivity contribution in [1.29, 1.82) is 0 Å². The van der Waals surface area contributed by atoms with Gasteiger partial charge in [-0.05, 0) is 23.6 Å². The third-order valence-corrected chi connectivity index (χ3v) is 2.34. The highest BCUT2D eigenvalue weighted by Gasteiger charge is 2.13. The van der Waals surface area contributed by atoms with Crippen molar-refractivity contribution in [2.45, 2.75) is 27.2 Å². The lowest BCUT2D eigenvalue weighted by atomic mass is 9.86. The number of fused-ring (bicyclic) bond motifs is 1. The van der Waals surface area contributed by atoms with Gasteiger partial charge in [0, 0.05) is 10.9 Å². The molecule has 2 rings (SSSR count). The van der Waals surface area contributed by atoms with E-state index in [0.717, 1.165) is 17.0 Å². The van der Waals surface area contributed by atoms with E-state index in [0.29, 0.717) is 11.5 Å². The van der Waals surface area contributed by atoms with E-state index in [-0.39, 0.29) is 0 Å². The quantitative estimate of drug-likeness (QED) is 0.534. The van der Waals surface area contributed by atoms with Crippen LogP contribution >= 0.6 is 0 Å². The maximum absolute atomic E-state index is 8.94. The van der Waals surface area contributed by atoms with Crippen LogP contribution in [0.2, 0.25) is 0 Å². The summed E-state index contributed by atoms with van der Waals surface area (Å²) in [4.78, 5) is 2.97. The van der Waals surface area contributed by atoms with E-state index < -0.39 is 7.12 Å². The first-order valence-electron chi connectivity index (χ1n) is 5.44. The molecule has 0 aromatic carbocycles. The van der Waals surface area contributed by atoms with E-state index in [2.05, 4.69) is 24.1 Å². The normalized spacial score (nSPS) is 17.8. The first-order chi connectivity index (χ1) is 7.16. The molecule has 0 fully saturated rings. The Balaban J connectivity index is 0.000000531. The van der Waals surface area contributed by atoms with Crippen LogP contribution in [0.5, 0.6) is 0 Å². The van der Waals surface area contributed by atoms with Crippen molar-refractivity contribution in [3.63, 3.8) is 0 Å². The van der Waals surface area contributed by atoms with Crippen molar-refractivity contribution in [1.82, 2.24) is 4.98 Å². The van der Waals surface area contributed by atoms with Gasteiger partial charge in [-0.2, -0.15) is 0 Å². The van der Waals surface area contributed by atoms with Gasteiger partial charge in [0.05, 0.1) is 0 Å². The number of rotatable bonds is 1. The van der Waals surface area contributed by atoms with Crippen LogP contribution < -0.4 is 16.2 Å². The van der Waals surface area contributed by atoms with Gasteiger partial charge in [-0.25, -0.2) is 0 Å². The monoisotopic (exact) mass is 207 g/mol. The topological polar surface area (TPSA) is 56.2 Å². The maximum atomic E-state index is 8.94. The molecule has 1 unspecified atom stereocenters. The SMILES string of the molecule is CC.CC1C=c2cc(B(O)O)[nH]c2=CC1. The molecule has 1 heterocycles. The summed E-state index contributed by atoms with van der Waals surface area (Å²) in [6.45, 7) is 6.14. The fraction of sp³-hybridized carbons (Fsp3) is 0.455. The van der Waals surface area contributed by atoms with E-state index >= 15 is 0 Å². The molecule has 82 valence electrons. The molecule has 0 bridgehead atoms. The minimum atomic E-state index is -1.40. The number of nitrogens with one attached hydrogen (secondary N) is 1. The highest BCUT2D eigenvalue weighted by molar-refractivity contribution is 6.57. The number of H-pyrrole nitrogens is 1. The second kappa shape index (κ2) is 5.19. The minimum absolute atomic E-state index is 0.464. The Bertz CT molecular complexity index is 422. The van der Waals surface area contributed by atoms with Crippen LogP contribution in [0.3, 0.4) is 0 Å². The van der Waals surface area contributed by atoms with Crippen LogP contribution in [0.25, 0.3) is 12.2 Å². The Morgan fingerprint density at radius 3 is 2.67 bits per heavy atom. The third-order valence-electron chi connectivity index (χ3n) is 2.34. The molecule has 1 atom stereocenters. The average molecular weight is 207 g/mol. The van der Waals surface area contributed by atoms with Crippen molar-refractivity contribution in [2.75, 3.05) is 0 Å². The van der Waals surface area contributed by atoms with Gasteiger partial charge in [-0.15, -0.1) is 0 Å². The molecule has 1 aromatic rings. The smallest absolute Gasteiger partial charge is 0.422 e. The van der Waals surface area contributed by atoms with Crippen molar-refractivity contribution in [2.24, 2.45) is 5.92 Å². The van der Waals surface area contributed by atoms with Crippen LogP contribution in [0.1, 0.15) is 27.2 Å². The average Bonchev–Trinajstić information content (AvgIpc) is 2.63. The summed E-state index contributed by atoms with van der Waals surface area (Å²) < 4.78 is 0. The molecule has 1 aliphatic rings. The molecule has 1 aromatic heterocycles. The van der Waals surface area contributed by atoms with Crippen LogP contribution in [-0.4, -0.2) is 22.2 Å². The van der Waals surface area contributed by atoms with Crippen LogP contribution in [-0.2, 0) is 0 Å². The van der Waals surface area contributed by atoms with Gasteiger partial charge >= 0.3 is 7.12 Å². The van der Waals surface area contributed by atoms with Crippen LogP contribution in [0.4, 0.5) is 0 Å². The second-order valence-corrected chi connectivity index (χ2v) is 3.55. The summed E-state index contributed by atoms with van der Waals surface area (Å²) in [7, 11) is -1.40. The van der Waals surface area contributed by atoms with E-state index in [1.807, 2.05) is 13.8 Å². The molecule has 3 nitrogen and oxygen atoms in total. The Kier molecular flexibility index (Phi) is 4.18. The largest absolute Gasteiger partial charge is 0.505 e. The lowest BCUT2D eigenvalue weighted by molar-refractivity contribution is 0.424. The zero-order valence-electron chi connectivity index (χ0n) is 9.49. The van der Waals surface area contributed by atoms with Gasteiger partial charge in [0.1, 0.15) is 0 Å². The fourth-order valence-corrected chi connectivity index (χ4v) is 1.63. The Hall–Kier alpha value is -0.995. The predicted molar refractivity (Wildman–Crippen MR) is 63.9 cm³/mol. The molecular weight excluding hydrogens is 189 g/mol. The molecule has 4 heteroatoms. The van der Waals surface area contributed by atoms with Crippen molar-refractivity contribution in [3.8, 4) is 0 Å². The number of aromatic amines is 1. The zero-order chi connectivity index (χ0) is 11.4. The fourth-order valence-electron chi connectivity index (χ4n) is 1.63. The Morgan fingerprint density at radius 2 is 2.07 bits per heavy atom. The lowest BCUT2D eigenvalue weighted by Crippen LogP contribution is -2.32. The predicted octanol–water partition coefficient (Wildman–Crippen LogP) is -0.679. The number of hydrogen-bond acceptors (Lipinski definition) is 2. The summed E-state index contributed by atoms with van der Waals surface area (Å²) in [6.07, 6.45) is 5.23. The number of hydrogen-bond donors (Lipinski definition) is 3. The van der Waals surface area contributed by atoms with E-state index in [1.54, 1.807) is 6.07 Å². The Morgan fingerprint density at radius 1 is 1.40 bits per heavy atom. The number of aromatic nitrogens is 1. The Labute approximate surface area is 90.3 Å². The molecule has 0 saturated carbocycles. The van der Waals surface area contributed by atoms with Gasteiger partial charge in [-0.1, -0.05) is 32.9 Å². The van der Waals surface area contributed by atoms with E-state index in [1.165, 1.54) is 0 Å². The molecule has 3 N–H and O–H groups in total. The highest BCUT2D eigenvalue weighted by Crippen LogP contribution is 2.04. The second-order valence-electron chi connectivity index (χ2n) is 3.55. The molecule has 0 spiro atoms. The first-order valence-corrected chi connectivity index (χ1v) is 5.44. The maximum Gasteiger partial charge on any atom is 0.505 e. The molecular formula is C11H18BNO2. The van der Waals surface area contributed by atoms with Gasteiger partial charge in [0.2, 0.25) is 0 Å². The standard InChI is InChI=1S/C9H12BNO2.C2H6/c1-6-2-3-8-7(4-6)5-9(11-8)10(12)13;1-2/h3-6,11-13H,2H2,1H3;1-2H3.